The molecule has 0 unspecified atom stereocenters. The maximum absolute atomic E-state index is 12.9. The van der Waals surface area contributed by atoms with Crippen LogP contribution >= 0.6 is 11.3 Å². The number of aryl methyl sites for hydroxylation is 1. The standard InChI is InChI=1S/C18H15FN2O2S/c1-12-4-2-3-5-16(12)23-10-17(22)21-18-20-15(11-24-18)13-6-8-14(19)9-7-13/h2-9,11H,10H2,1H3,(H,20,21,22). The topological polar surface area (TPSA) is 51.2 Å². The quantitative estimate of drug-likeness (QED) is 0.753. The van der Waals surface area contributed by atoms with Crippen LogP contribution in [-0.4, -0.2) is 17.5 Å². The number of para-hydroxylation sites is 1. The summed E-state index contributed by atoms with van der Waals surface area (Å²) in [7, 11) is 0. The van der Waals surface area contributed by atoms with Gasteiger partial charge in [-0.25, -0.2) is 9.37 Å². The molecule has 2 aromatic carbocycles. The number of hydrogen-bond acceptors (Lipinski definition) is 4. The average molecular weight is 342 g/mol. The largest absolute Gasteiger partial charge is 0.483 e. The monoisotopic (exact) mass is 342 g/mol. The molecule has 1 amide bonds. The molecule has 0 atom stereocenters. The van der Waals surface area contributed by atoms with Crippen LogP contribution in [0, 0.1) is 12.7 Å². The van der Waals surface area contributed by atoms with Crippen LogP contribution < -0.4 is 10.1 Å². The number of anilines is 1. The number of nitrogens with one attached hydrogen (secondary N) is 1. The maximum Gasteiger partial charge on any atom is 0.264 e. The Morgan fingerprint density at radius 2 is 1.96 bits per heavy atom. The van der Waals surface area contributed by atoms with Crippen molar-refractivity contribution in [3.05, 3.63) is 65.3 Å². The van der Waals surface area contributed by atoms with Gasteiger partial charge in [0, 0.05) is 10.9 Å². The number of carbonyl (C=O) groups excluding carboxylic acids is 1. The van der Waals surface area contributed by atoms with Crippen molar-refractivity contribution in [1.29, 1.82) is 0 Å². The maximum atomic E-state index is 12.9. The molecule has 6 heteroatoms. The van der Waals surface area contributed by atoms with E-state index in [1.54, 1.807) is 12.1 Å². The lowest BCUT2D eigenvalue weighted by Crippen LogP contribution is -2.20. The van der Waals surface area contributed by atoms with Gasteiger partial charge in [-0.3, -0.25) is 10.1 Å². The number of carbonyl (C=O) groups is 1. The second kappa shape index (κ2) is 7.23. The summed E-state index contributed by atoms with van der Waals surface area (Å²) in [6.07, 6.45) is 0. The third-order valence-electron chi connectivity index (χ3n) is 3.34. The fourth-order valence-electron chi connectivity index (χ4n) is 2.10. The highest BCUT2D eigenvalue weighted by atomic mass is 32.1. The van der Waals surface area contributed by atoms with Crippen molar-refractivity contribution in [2.45, 2.75) is 6.92 Å². The van der Waals surface area contributed by atoms with Gasteiger partial charge in [-0.15, -0.1) is 11.3 Å². The van der Waals surface area contributed by atoms with Crippen LogP contribution in [0.2, 0.25) is 0 Å². The molecule has 0 saturated heterocycles. The minimum Gasteiger partial charge on any atom is -0.483 e. The zero-order valence-corrected chi connectivity index (χ0v) is 13.8. The first kappa shape index (κ1) is 16.1. The minimum absolute atomic E-state index is 0.0870. The molecule has 0 aliphatic carbocycles. The highest BCUT2D eigenvalue weighted by Crippen LogP contribution is 2.25. The Hall–Kier alpha value is -2.73. The van der Waals surface area contributed by atoms with E-state index in [-0.39, 0.29) is 18.3 Å². The number of aromatic nitrogens is 1. The van der Waals surface area contributed by atoms with Gasteiger partial charge < -0.3 is 4.74 Å². The molecule has 0 radical (unpaired) electrons. The Morgan fingerprint density at radius 1 is 1.21 bits per heavy atom. The van der Waals surface area contributed by atoms with E-state index in [9.17, 15) is 9.18 Å². The van der Waals surface area contributed by atoms with E-state index >= 15 is 0 Å². The lowest BCUT2D eigenvalue weighted by atomic mass is 10.2. The molecule has 1 heterocycles. The Bertz CT molecular complexity index is 846. The first-order chi connectivity index (χ1) is 11.6. The average Bonchev–Trinajstić information content (AvgIpc) is 3.03. The minimum atomic E-state index is -0.295. The molecule has 122 valence electrons. The molecule has 3 rings (SSSR count). The smallest absolute Gasteiger partial charge is 0.264 e. The summed E-state index contributed by atoms with van der Waals surface area (Å²) in [4.78, 5) is 16.3. The van der Waals surface area contributed by atoms with Gasteiger partial charge in [0.25, 0.3) is 5.91 Å². The summed E-state index contributed by atoms with van der Waals surface area (Å²) in [6.45, 7) is 1.83. The lowest BCUT2D eigenvalue weighted by molar-refractivity contribution is -0.118. The molecule has 0 fully saturated rings. The summed E-state index contributed by atoms with van der Waals surface area (Å²) >= 11 is 1.31. The predicted octanol–water partition coefficient (Wildman–Crippen LogP) is 4.28. The van der Waals surface area contributed by atoms with Gasteiger partial charge in [0.15, 0.2) is 11.7 Å². The van der Waals surface area contributed by atoms with Crippen molar-refractivity contribution in [3.63, 3.8) is 0 Å². The molecule has 0 bridgehead atoms. The molecule has 1 aromatic heterocycles. The Balaban J connectivity index is 1.59. The first-order valence-corrected chi connectivity index (χ1v) is 8.19. The zero-order chi connectivity index (χ0) is 16.9. The predicted molar refractivity (Wildman–Crippen MR) is 92.8 cm³/mol. The number of hydrogen-bond donors (Lipinski definition) is 1. The van der Waals surface area contributed by atoms with E-state index in [4.69, 9.17) is 4.74 Å². The molecule has 3 aromatic rings. The molecule has 4 nitrogen and oxygen atoms in total. The van der Waals surface area contributed by atoms with E-state index in [1.807, 2.05) is 36.6 Å². The Morgan fingerprint density at radius 3 is 2.71 bits per heavy atom. The second-order valence-corrected chi connectivity index (χ2v) is 6.01. The molecule has 0 aliphatic heterocycles. The van der Waals surface area contributed by atoms with E-state index < -0.39 is 0 Å². The fourth-order valence-corrected chi connectivity index (χ4v) is 2.84. The van der Waals surface area contributed by atoms with Crippen LogP contribution in [0.1, 0.15) is 5.56 Å². The van der Waals surface area contributed by atoms with E-state index in [1.165, 1.54) is 23.5 Å². The van der Waals surface area contributed by atoms with Gasteiger partial charge >= 0.3 is 0 Å². The van der Waals surface area contributed by atoms with Crippen LogP contribution in [0.5, 0.6) is 5.75 Å². The summed E-state index contributed by atoms with van der Waals surface area (Å²) in [5.74, 6) is 0.105. The molecular weight excluding hydrogens is 327 g/mol. The van der Waals surface area contributed by atoms with Gasteiger partial charge in [-0.05, 0) is 42.8 Å². The lowest BCUT2D eigenvalue weighted by Gasteiger charge is -2.08. The highest BCUT2D eigenvalue weighted by Gasteiger charge is 2.09. The van der Waals surface area contributed by atoms with Crippen LogP contribution in [-0.2, 0) is 4.79 Å². The van der Waals surface area contributed by atoms with Gasteiger partial charge in [0.2, 0.25) is 0 Å². The summed E-state index contributed by atoms with van der Waals surface area (Å²) < 4.78 is 18.4. The van der Waals surface area contributed by atoms with Gasteiger partial charge in [-0.2, -0.15) is 0 Å². The van der Waals surface area contributed by atoms with Crippen molar-refractivity contribution in [3.8, 4) is 17.0 Å². The molecule has 0 spiro atoms. The Labute approximate surface area is 142 Å². The van der Waals surface area contributed by atoms with Crippen LogP contribution in [0.25, 0.3) is 11.3 Å². The van der Waals surface area contributed by atoms with Crippen LogP contribution in [0.3, 0.4) is 0 Å². The van der Waals surface area contributed by atoms with Gasteiger partial charge in [-0.1, -0.05) is 18.2 Å². The first-order valence-electron chi connectivity index (χ1n) is 7.31. The number of benzene rings is 2. The third kappa shape index (κ3) is 3.97. The molecule has 0 saturated carbocycles. The third-order valence-corrected chi connectivity index (χ3v) is 4.10. The second-order valence-electron chi connectivity index (χ2n) is 5.15. The fraction of sp³-hybridized carbons (Fsp3) is 0.111. The van der Waals surface area contributed by atoms with Crippen LogP contribution in [0.4, 0.5) is 9.52 Å². The molecule has 0 aliphatic rings. The van der Waals surface area contributed by atoms with E-state index in [2.05, 4.69) is 10.3 Å². The normalized spacial score (nSPS) is 10.4. The van der Waals surface area contributed by atoms with E-state index in [0.717, 1.165) is 11.1 Å². The van der Waals surface area contributed by atoms with Crippen molar-refractivity contribution in [2.75, 3.05) is 11.9 Å². The molecule has 24 heavy (non-hydrogen) atoms. The van der Waals surface area contributed by atoms with Gasteiger partial charge in [0.05, 0.1) is 5.69 Å². The number of rotatable bonds is 5. The molecular formula is C18H15FN2O2S. The number of thiazole rings is 1. The number of amides is 1. The summed E-state index contributed by atoms with van der Waals surface area (Å²) in [6, 6.07) is 13.6. The zero-order valence-electron chi connectivity index (χ0n) is 13.0. The van der Waals surface area contributed by atoms with Crippen molar-refractivity contribution in [1.82, 2.24) is 4.98 Å². The van der Waals surface area contributed by atoms with Crippen molar-refractivity contribution in [2.24, 2.45) is 0 Å². The molecule has 1 N–H and O–H groups in total. The highest BCUT2D eigenvalue weighted by molar-refractivity contribution is 7.14. The van der Waals surface area contributed by atoms with Crippen LogP contribution in [0.15, 0.2) is 53.9 Å². The SMILES string of the molecule is Cc1ccccc1OCC(=O)Nc1nc(-c2ccc(F)cc2)cs1. The Kier molecular flexibility index (Phi) is 4.86. The van der Waals surface area contributed by atoms with E-state index in [0.29, 0.717) is 16.6 Å². The number of ether oxygens (including phenoxy) is 1. The van der Waals surface area contributed by atoms with Crippen molar-refractivity contribution < 1.29 is 13.9 Å². The summed E-state index contributed by atoms with van der Waals surface area (Å²) in [5, 5.41) is 4.99. The van der Waals surface area contributed by atoms with Crippen molar-refractivity contribution >= 4 is 22.4 Å². The van der Waals surface area contributed by atoms with Gasteiger partial charge in [0.1, 0.15) is 11.6 Å². The number of nitrogens with zero attached hydrogens (tertiary/aromatic N) is 1. The number of halogens is 1. The summed E-state index contributed by atoms with van der Waals surface area (Å²) in [5.41, 5.74) is 2.46.